The van der Waals surface area contributed by atoms with Gasteiger partial charge in [0, 0.05) is 24.2 Å². The summed E-state index contributed by atoms with van der Waals surface area (Å²) < 4.78 is 0. The van der Waals surface area contributed by atoms with Gasteiger partial charge in [0.25, 0.3) is 0 Å². The minimum absolute atomic E-state index is 0.000783. The Hall–Kier alpha value is -3.68. The number of nitrogen functional groups attached to an aromatic ring is 2. The molecule has 6 N–H and O–H groups in total. The number of carbonyl (C=O) groups excluding carboxylic acids is 2. The first-order chi connectivity index (χ1) is 13.3. The second-order valence-electron chi connectivity index (χ2n) is 6.21. The molecule has 0 aliphatic rings. The van der Waals surface area contributed by atoms with Crippen LogP contribution in [0.3, 0.4) is 0 Å². The largest absolute Gasteiger partial charge is 0.399 e. The van der Waals surface area contributed by atoms with Crippen LogP contribution in [0.2, 0.25) is 0 Å². The number of hydrogen-bond acceptors (Lipinski definition) is 6. The Bertz CT molecular complexity index is 810. The summed E-state index contributed by atoms with van der Waals surface area (Å²) in [4.78, 5) is 23.7. The number of rotatable bonds is 7. The number of nitrogens with one attached hydrogen (secondary N) is 2. The van der Waals surface area contributed by atoms with Gasteiger partial charge in [-0.3, -0.25) is 9.59 Å². The maximum Gasteiger partial charge on any atom is 0.240 e. The van der Waals surface area contributed by atoms with E-state index in [1.807, 2.05) is 24.3 Å². The first-order valence-corrected chi connectivity index (χ1v) is 8.73. The van der Waals surface area contributed by atoms with Crippen molar-refractivity contribution < 1.29 is 9.59 Å². The molecule has 2 aromatic carbocycles. The number of nitrogens with two attached hydrogens (primary N) is 2. The van der Waals surface area contributed by atoms with Crippen LogP contribution in [-0.4, -0.2) is 23.2 Å². The first-order valence-electron chi connectivity index (χ1n) is 8.73. The van der Waals surface area contributed by atoms with Gasteiger partial charge in [-0.2, -0.15) is 10.2 Å². The van der Waals surface area contributed by atoms with Crippen LogP contribution in [0.4, 0.5) is 11.4 Å². The maximum absolute atomic E-state index is 11.9. The van der Waals surface area contributed by atoms with E-state index in [-0.39, 0.29) is 24.7 Å². The SMILES string of the molecule is CC(=NNC(=O)CCC(=O)NN=C(C)c1ccc(N)cc1)c1ccc(N)cc1. The summed E-state index contributed by atoms with van der Waals surface area (Å²) in [6.07, 6.45) is 0.00157. The van der Waals surface area contributed by atoms with Crippen molar-refractivity contribution in [3.8, 4) is 0 Å². The lowest BCUT2D eigenvalue weighted by Gasteiger charge is -2.04. The van der Waals surface area contributed by atoms with E-state index in [1.165, 1.54) is 0 Å². The van der Waals surface area contributed by atoms with Gasteiger partial charge in [-0.15, -0.1) is 0 Å². The van der Waals surface area contributed by atoms with Gasteiger partial charge in [-0.1, -0.05) is 24.3 Å². The summed E-state index contributed by atoms with van der Waals surface area (Å²) in [6, 6.07) is 14.3. The molecule has 8 heteroatoms. The molecule has 0 radical (unpaired) electrons. The monoisotopic (exact) mass is 380 g/mol. The van der Waals surface area contributed by atoms with Crippen molar-refractivity contribution in [2.45, 2.75) is 26.7 Å². The van der Waals surface area contributed by atoms with Crippen LogP contribution in [0.25, 0.3) is 0 Å². The number of amides is 2. The van der Waals surface area contributed by atoms with Crippen LogP contribution >= 0.6 is 0 Å². The molecule has 0 spiro atoms. The Morgan fingerprint density at radius 2 is 1.04 bits per heavy atom. The molecule has 0 aliphatic carbocycles. The summed E-state index contributed by atoms with van der Waals surface area (Å²) in [7, 11) is 0. The van der Waals surface area contributed by atoms with Crippen molar-refractivity contribution in [2.24, 2.45) is 10.2 Å². The molecule has 0 fully saturated rings. The second-order valence-corrected chi connectivity index (χ2v) is 6.21. The topological polar surface area (TPSA) is 135 Å². The van der Waals surface area contributed by atoms with Gasteiger partial charge >= 0.3 is 0 Å². The van der Waals surface area contributed by atoms with E-state index in [1.54, 1.807) is 38.1 Å². The molecule has 2 amide bonds. The lowest BCUT2D eigenvalue weighted by Crippen LogP contribution is -2.24. The van der Waals surface area contributed by atoms with Gasteiger partial charge in [0.05, 0.1) is 11.4 Å². The molecule has 28 heavy (non-hydrogen) atoms. The van der Waals surface area contributed by atoms with Crippen molar-refractivity contribution in [3.63, 3.8) is 0 Å². The van der Waals surface area contributed by atoms with E-state index < -0.39 is 0 Å². The Morgan fingerprint density at radius 1 is 0.714 bits per heavy atom. The Kier molecular flexibility index (Phi) is 7.27. The number of anilines is 2. The zero-order valence-corrected chi connectivity index (χ0v) is 15.9. The number of carbonyl (C=O) groups is 2. The minimum atomic E-state index is -0.357. The predicted octanol–water partition coefficient (Wildman–Crippen LogP) is 2.01. The number of hydrogen-bond donors (Lipinski definition) is 4. The van der Waals surface area contributed by atoms with Crippen LogP contribution in [0.5, 0.6) is 0 Å². The summed E-state index contributed by atoms with van der Waals surface area (Å²) in [5.74, 6) is -0.714. The zero-order chi connectivity index (χ0) is 20.5. The van der Waals surface area contributed by atoms with Crippen LogP contribution in [0, 0.1) is 0 Å². The molecule has 0 bridgehead atoms. The van der Waals surface area contributed by atoms with Gasteiger partial charge in [0.2, 0.25) is 11.8 Å². The van der Waals surface area contributed by atoms with Crippen molar-refractivity contribution in [1.29, 1.82) is 0 Å². The first kappa shape index (κ1) is 20.6. The molecule has 2 aromatic rings. The number of nitrogens with zero attached hydrogens (tertiary/aromatic N) is 2. The van der Waals surface area contributed by atoms with Crippen LogP contribution in [0.1, 0.15) is 37.8 Å². The molecule has 0 saturated carbocycles. The van der Waals surface area contributed by atoms with Gasteiger partial charge in [0.1, 0.15) is 0 Å². The van der Waals surface area contributed by atoms with Crippen molar-refractivity contribution in [3.05, 3.63) is 59.7 Å². The summed E-state index contributed by atoms with van der Waals surface area (Å²) >= 11 is 0. The molecule has 0 aliphatic heterocycles. The lowest BCUT2D eigenvalue weighted by atomic mass is 10.1. The highest BCUT2D eigenvalue weighted by molar-refractivity contribution is 6.00. The fraction of sp³-hybridized carbons (Fsp3) is 0.200. The molecule has 146 valence electrons. The average Bonchev–Trinajstić information content (AvgIpc) is 2.69. The summed E-state index contributed by atoms with van der Waals surface area (Å²) in [6.45, 7) is 3.54. The van der Waals surface area contributed by atoms with E-state index in [0.29, 0.717) is 22.8 Å². The normalized spacial score (nSPS) is 11.8. The predicted molar refractivity (Wildman–Crippen MR) is 112 cm³/mol. The van der Waals surface area contributed by atoms with Gasteiger partial charge < -0.3 is 11.5 Å². The third-order valence-electron chi connectivity index (χ3n) is 3.93. The second kappa shape index (κ2) is 9.86. The van der Waals surface area contributed by atoms with Crippen LogP contribution < -0.4 is 22.3 Å². The molecule has 0 atom stereocenters. The number of benzene rings is 2. The van der Waals surface area contributed by atoms with Crippen molar-refractivity contribution in [1.82, 2.24) is 10.9 Å². The van der Waals surface area contributed by atoms with Crippen molar-refractivity contribution in [2.75, 3.05) is 11.5 Å². The smallest absolute Gasteiger partial charge is 0.240 e. The van der Waals surface area contributed by atoms with Crippen molar-refractivity contribution >= 4 is 34.6 Å². The van der Waals surface area contributed by atoms with E-state index >= 15 is 0 Å². The van der Waals surface area contributed by atoms with E-state index in [9.17, 15) is 9.59 Å². The average molecular weight is 380 g/mol. The van der Waals surface area contributed by atoms with Gasteiger partial charge in [-0.25, -0.2) is 10.9 Å². The minimum Gasteiger partial charge on any atom is -0.399 e. The molecule has 8 nitrogen and oxygen atoms in total. The van der Waals surface area contributed by atoms with Gasteiger partial charge in [-0.05, 0) is 49.2 Å². The quantitative estimate of drug-likeness (QED) is 0.332. The molecule has 0 unspecified atom stereocenters. The number of hydrazone groups is 2. The van der Waals surface area contributed by atoms with E-state index in [2.05, 4.69) is 21.1 Å². The zero-order valence-electron chi connectivity index (χ0n) is 15.9. The molecule has 0 saturated heterocycles. The third kappa shape index (κ3) is 6.56. The highest BCUT2D eigenvalue weighted by Crippen LogP contribution is 2.07. The molecular weight excluding hydrogens is 356 g/mol. The molecule has 2 rings (SSSR count). The van der Waals surface area contributed by atoms with Crippen LogP contribution in [-0.2, 0) is 9.59 Å². The van der Waals surface area contributed by atoms with E-state index in [0.717, 1.165) is 11.1 Å². The standard InChI is InChI=1S/C20H24N6O2/c1-13(15-3-7-17(21)8-4-15)23-25-19(27)11-12-20(28)26-24-14(2)16-5-9-18(22)10-6-16/h3-10H,11-12,21-22H2,1-2H3,(H,25,27)(H,26,28). The van der Waals surface area contributed by atoms with Gasteiger partial charge in [0.15, 0.2) is 0 Å². The fourth-order valence-corrected chi connectivity index (χ4v) is 2.21. The highest BCUT2D eigenvalue weighted by atomic mass is 16.2. The Labute approximate surface area is 163 Å². The highest BCUT2D eigenvalue weighted by Gasteiger charge is 2.07. The fourth-order valence-electron chi connectivity index (χ4n) is 2.21. The maximum atomic E-state index is 11.9. The van der Waals surface area contributed by atoms with Crippen LogP contribution in [0.15, 0.2) is 58.7 Å². The summed E-state index contributed by atoms with van der Waals surface area (Å²) in [5.41, 5.74) is 20.4. The summed E-state index contributed by atoms with van der Waals surface area (Å²) in [5, 5.41) is 8.06. The lowest BCUT2D eigenvalue weighted by molar-refractivity contribution is -0.126. The molecule has 0 aromatic heterocycles. The Morgan fingerprint density at radius 3 is 1.36 bits per heavy atom. The third-order valence-corrected chi connectivity index (χ3v) is 3.93. The molecular formula is C20H24N6O2. The van der Waals surface area contributed by atoms with E-state index in [4.69, 9.17) is 11.5 Å². The molecule has 0 heterocycles. The Balaban J connectivity index is 1.78.